The quantitative estimate of drug-likeness (QED) is 0.854. The molecule has 1 aromatic rings. The Morgan fingerprint density at radius 2 is 2.00 bits per heavy atom. The number of carbonyl (C=O) groups is 1. The van der Waals surface area contributed by atoms with Crippen LogP contribution in [0.15, 0.2) is 29.3 Å². The van der Waals surface area contributed by atoms with Crippen molar-refractivity contribution in [1.82, 2.24) is 0 Å². The topological polar surface area (TPSA) is 41.9 Å². The van der Waals surface area contributed by atoms with Crippen LogP contribution in [0.4, 0.5) is 23.7 Å². The molecule has 7 heteroatoms. The number of para-hydroxylation sites is 1. The van der Waals surface area contributed by atoms with Crippen LogP contribution in [0.2, 0.25) is 0 Å². The number of nitrogens with zero attached hydrogens (tertiary/aromatic N) is 2. The fraction of sp³-hybridized carbons (Fsp3) is 0.429. The van der Waals surface area contributed by atoms with Gasteiger partial charge in [0, 0.05) is 6.21 Å². The smallest absolute Gasteiger partial charge is 0.264 e. The van der Waals surface area contributed by atoms with Gasteiger partial charge in [-0.3, -0.25) is 4.84 Å². The summed E-state index contributed by atoms with van der Waals surface area (Å²) < 4.78 is 39.4. The second-order valence-electron chi connectivity index (χ2n) is 5.17. The second kappa shape index (κ2) is 5.14. The number of halogens is 3. The highest BCUT2D eigenvalue weighted by atomic mass is 19.4. The van der Waals surface area contributed by atoms with Gasteiger partial charge < -0.3 is 0 Å². The molecule has 1 aliphatic heterocycles. The molecule has 112 valence electrons. The third-order valence-electron chi connectivity index (χ3n) is 3.49. The Bertz CT molecular complexity index is 582. The van der Waals surface area contributed by atoms with Crippen molar-refractivity contribution in [1.29, 1.82) is 0 Å². The minimum Gasteiger partial charge on any atom is -0.264 e. The normalized spacial score (nSPS) is 22.1. The van der Waals surface area contributed by atoms with Crippen LogP contribution in [0.5, 0.6) is 0 Å². The van der Waals surface area contributed by atoms with Crippen LogP contribution < -0.4 is 5.06 Å². The molecule has 2 amide bonds. The Morgan fingerprint density at radius 3 is 2.67 bits per heavy atom. The summed E-state index contributed by atoms with van der Waals surface area (Å²) in [6.45, 7) is 0.312. The number of aliphatic imine (C=N–C) groups is 1. The van der Waals surface area contributed by atoms with Crippen LogP contribution >= 0.6 is 0 Å². The lowest BCUT2D eigenvalue weighted by atomic mass is 9.98. The highest BCUT2D eigenvalue weighted by Crippen LogP contribution is 2.40. The van der Waals surface area contributed by atoms with Crippen LogP contribution in [0, 0.1) is 5.92 Å². The van der Waals surface area contributed by atoms with Gasteiger partial charge in [0.15, 0.2) is 0 Å². The number of hydrogen-bond donors (Lipinski definition) is 0. The maximum atomic E-state index is 13.1. The van der Waals surface area contributed by atoms with Gasteiger partial charge in [-0.1, -0.05) is 18.2 Å². The number of rotatable bonds is 3. The van der Waals surface area contributed by atoms with E-state index in [1.54, 1.807) is 6.07 Å². The molecule has 0 aromatic heterocycles. The zero-order valence-corrected chi connectivity index (χ0v) is 11.0. The highest BCUT2D eigenvalue weighted by molar-refractivity contribution is 5.99. The SMILES string of the molecule is O=C1N=CC(C(F)(F)F)c2ccccc2N1OCC1CC1. The molecule has 1 unspecified atom stereocenters. The summed E-state index contributed by atoms with van der Waals surface area (Å²) in [5, 5.41) is 0.871. The van der Waals surface area contributed by atoms with E-state index in [0.717, 1.165) is 17.9 Å². The predicted molar refractivity (Wildman–Crippen MR) is 70.3 cm³/mol. The summed E-state index contributed by atoms with van der Waals surface area (Å²) in [4.78, 5) is 20.7. The zero-order chi connectivity index (χ0) is 15.0. The van der Waals surface area contributed by atoms with E-state index in [0.29, 0.717) is 18.7 Å². The third kappa shape index (κ3) is 2.92. The molecular formula is C14H13F3N2O2. The largest absolute Gasteiger partial charge is 0.400 e. The van der Waals surface area contributed by atoms with E-state index < -0.39 is 18.1 Å². The summed E-state index contributed by atoms with van der Waals surface area (Å²) in [5.41, 5.74) is 0.0679. The monoisotopic (exact) mass is 298 g/mol. The predicted octanol–water partition coefficient (Wildman–Crippen LogP) is 3.68. The average Bonchev–Trinajstić information content (AvgIpc) is 3.23. The molecule has 1 aromatic carbocycles. The van der Waals surface area contributed by atoms with Crippen molar-refractivity contribution in [3.8, 4) is 0 Å². The molecule has 21 heavy (non-hydrogen) atoms. The number of urea groups is 1. The maximum Gasteiger partial charge on any atom is 0.400 e. The van der Waals surface area contributed by atoms with Gasteiger partial charge in [0.25, 0.3) is 0 Å². The third-order valence-corrected chi connectivity index (χ3v) is 3.49. The Balaban J connectivity index is 1.97. The Kier molecular flexibility index (Phi) is 3.44. The van der Waals surface area contributed by atoms with Crippen molar-refractivity contribution in [2.24, 2.45) is 10.9 Å². The average molecular weight is 298 g/mol. The van der Waals surface area contributed by atoms with E-state index >= 15 is 0 Å². The zero-order valence-electron chi connectivity index (χ0n) is 11.0. The van der Waals surface area contributed by atoms with Crippen LogP contribution in [-0.4, -0.2) is 25.0 Å². The number of hydrogen-bond acceptors (Lipinski definition) is 2. The molecule has 0 bridgehead atoms. The first-order chi connectivity index (χ1) is 9.97. The number of amides is 2. The Labute approximate surface area is 119 Å². The number of hydroxylamine groups is 1. The van der Waals surface area contributed by atoms with Gasteiger partial charge in [-0.15, -0.1) is 0 Å². The fourth-order valence-electron chi connectivity index (χ4n) is 2.16. The molecule has 1 heterocycles. The number of anilines is 1. The number of benzene rings is 1. The molecule has 1 aliphatic carbocycles. The summed E-state index contributed by atoms with van der Waals surface area (Å²) in [6.07, 6.45) is -1.84. The van der Waals surface area contributed by atoms with Crippen molar-refractivity contribution >= 4 is 17.9 Å². The van der Waals surface area contributed by atoms with E-state index in [9.17, 15) is 18.0 Å². The van der Waals surface area contributed by atoms with Crippen molar-refractivity contribution < 1.29 is 22.8 Å². The number of carbonyl (C=O) groups excluding carboxylic acids is 1. The van der Waals surface area contributed by atoms with E-state index in [4.69, 9.17) is 4.84 Å². The minimum atomic E-state index is -4.51. The minimum absolute atomic E-state index is 0.0320. The summed E-state index contributed by atoms with van der Waals surface area (Å²) >= 11 is 0. The summed E-state index contributed by atoms with van der Waals surface area (Å²) in [7, 11) is 0. The van der Waals surface area contributed by atoms with E-state index in [1.165, 1.54) is 18.2 Å². The second-order valence-corrected chi connectivity index (χ2v) is 5.17. The highest BCUT2D eigenvalue weighted by Gasteiger charge is 2.43. The molecule has 2 aliphatic rings. The molecule has 0 spiro atoms. The van der Waals surface area contributed by atoms with Crippen LogP contribution in [-0.2, 0) is 4.84 Å². The lowest BCUT2D eigenvalue weighted by molar-refractivity contribution is -0.133. The van der Waals surface area contributed by atoms with E-state index in [1.807, 2.05) is 0 Å². The molecule has 1 fully saturated rings. The Hall–Kier alpha value is -1.89. The molecular weight excluding hydrogens is 285 g/mol. The summed E-state index contributed by atoms with van der Waals surface area (Å²) in [6, 6.07) is 5.01. The van der Waals surface area contributed by atoms with Crippen molar-refractivity contribution in [3.63, 3.8) is 0 Å². The number of alkyl halides is 3. The first kappa shape index (κ1) is 14.1. The first-order valence-corrected chi connectivity index (χ1v) is 6.63. The lowest BCUT2D eigenvalue weighted by Gasteiger charge is -2.23. The van der Waals surface area contributed by atoms with E-state index in [2.05, 4.69) is 4.99 Å². The molecule has 0 N–H and O–H groups in total. The van der Waals surface area contributed by atoms with Crippen LogP contribution in [0.25, 0.3) is 0 Å². The van der Waals surface area contributed by atoms with Gasteiger partial charge in [0.2, 0.25) is 0 Å². The fourth-order valence-corrected chi connectivity index (χ4v) is 2.16. The van der Waals surface area contributed by atoms with Crippen LogP contribution in [0.1, 0.15) is 24.3 Å². The van der Waals surface area contributed by atoms with Gasteiger partial charge >= 0.3 is 12.2 Å². The Morgan fingerprint density at radius 1 is 1.29 bits per heavy atom. The maximum absolute atomic E-state index is 13.1. The molecule has 0 saturated heterocycles. The van der Waals surface area contributed by atoms with Crippen molar-refractivity contribution in [3.05, 3.63) is 29.8 Å². The lowest BCUT2D eigenvalue weighted by Crippen LogP contribution is -2.29. The molecule has 1 saturated carbocycles. The standard InChI is InChI=1S/C14H13F3N2O2/c15-14(16,17)11-7-18-13(20)19(21-8-9-5-6-9)12-4-2-1-3-10(11)12/h1-4,7,9,11H,5-6,8H2. The van der Waals surface area contributed by atoms with Crippen molar-refractivity contribution in [2.45, 2.75) is 24.9 Å². The van der Waals surface area contributed by atoms with Crippen molar-refractivity contribution in [2.75, 3.05) is 11.7 Å². The van der Waals surface area contributed by atoms with Crippen LogP contribution in [0.3, 0.4) is 0 Å². The van der Waals surface area contributed by atoms with Gasteiger partial charge in [0.1, 0.15) is 5.92 Å². The van der Waals surface area contributed by atoms with E-state index in [-0.39, 0.29) is 11.3 Å². The summed E-state index contributed by atoms with van der Waals surface area (Å²) in [5.74, 6) is -1.54. The molecule has 1 atom stereocenters. The van der Waals surface area contributed by atoms with Gasteiger partial charge in [-0.05, 0) is 30.4 Å². The first-order valence-electron chi connectivity index (χ1n) is 6.63. The molecule has 3 rings (SSSR count). The van der Waals surface area contributed by atoms with Gasteiger partial charge in [-0.25, -0.2) is 9.79 Å². The molecule has 4 nitrogen and oxygen atoms in total. The number of fused-ring (bicyclic) bond motifs is 1. The van der Waals surface area contributed by atoms with Gasteiger partial charge in [0.05, 0.1) is 12.3 Å². The molecule has 0 radical (unpaired) electrons. The van der Waals surface area contributed by atoms with Gasteiger partial charge in [-0.2, -0.15) is 18.2 Å².